The number of aryl methyl sites for hydroxylation is 1. The summed E-state index contributed by atoms with van der Waals surface area (Å²) in [4.78, 5) is 0. The van der Waals surface area contributed by atoms with Crippen LogP contribution in [0.2, 0.25) is 0 Å². The van der Waals surface area contributed by atoms with Gasteiger partial charge in [-0.05, 0) is 0 Å². The Labute approximate surface area is 78.6 Å². The van der Waals surface area contributed by atoms with E-state index in [9.17, 15) is 0 Å². The molecule has 13 heavy (non-hydrogen) atoms. The highest BCUT2D eigenvalue weighted by Gasteiger charge is 1.92. The number of aromatic nitrogens is 2. The van der Waals surface area contributed by atoms with Crippen LogP contribution in [0.5, 0.6) is 0 Å². The molecule has 4 heteroatoms. The summed E-state index contributed by atoms with van der Waals surface area (Å²) in [6, 6.07) is 1.95. The summed E-state index contributed by atoms with van der Waals surface area (Å²) >= 11 is 0. The standard InChI is InChI=1S/C9H16N4/c1-3-5-10-6-7-11-9-4-8-13(2)12-9/h3-4,8,10H,1,5-7H2,2H3,(H,11,12). The van der Waals surface area contributed by atoms with Crippen molar-refractivity contribution in [1.82, 2.24) is 15.1 Å². The molecule has 0 aromatic carbocycles. The molecule has 1 rings (SSSR count). The lowest BCUT2D eigenvalue weighted by Crippen LogP contribution is -2.22. The number of anilines is 1. The van der Waals surface area contributed by atoms with Crippen molar-refractivity contribution in [3.63, 3.8) is 0 Å². The summed E-state index contributed by atoms with van der Waals surface area (Å²) in [5.74, 6) is 0.919. The van der Waals surface area contributed by atoms with Crippen molar-refractivity contribution >= 4 is 5.82 Å². The quantitative estimate of drug-likeness (QED) is 0.498. The van der Waals surface area contributed by atoms with E-state index in [0.717, 1.165) is 25.5 Å². The second kappa shape index (κ2) is 5.37. The van der Waals surface area contributed by atoms with Gasteiger partial charge < -0.3 is 10.6 Å². The van der Waals surface area contributed by atoms with E-state index in [2.05, 4.69) is 22.3 Å². The maximum absolute atomic E-state index is 4.19. The van der Waals surface area contributed by atoms with Gasteiger partial charge in [-0.15, -0.1) is 6.58 Å². The molecule has 1 aromatic heterocycles. The Bertz CT molecular complexity index is 254. The Morgan fingerprint density at radius 3 is 3.08 bits per heavy atom. The third-order valence-corrected chi connectivity index (χ3v) is 1.61. The molecule has 0 spiro atoms. The lowest BCUT2D eigenvalue weighted by atomic mass is 10.5. The zero-order valence-corrected chi connectivity index (χ0v) is 7.95. The minimum Gasteiger partial charge on any atom is -0.367 e. The topological polar surface area (TPSA) is 41.9 Å². The average Bonchev–Trinajstić information content (AvgIpc) is 2.51. The number of hydrogen-bond donors (Lipinski definition) is 2. The molecule has 1 aromatic rings. The molecule has 72 valence electrons. The van der Waals surface area contributed by atoms with Crippen LogP contribution in [0.4, 0.5) is 5.82 Å². The largest absolute Gasteiger partial charge is 0.367 e. The van der Waals surface area contributed by atoms with E-state index < -0.39 is 0 Å². The van der Waals surface area contributed by atoms with Crippen molar-refractivity contribution in [3.05, 3.63) is 24.9 Å². The van der Waals surface area contributed by atoms with Gasteiger partial charge in [0.15, 0.2) is 0 Å². The predicted octanol–water partition coefficient (Wildman–Crippen LogP) is 0.608. The number of hydrogen-bond acceptors (Lipinski definition) is 3. The minimum absolute atomic E-state index is 0.851. The van der Waals surface area contributed by atoms with Crippen LogP contribution in [-0.2, 0) is 7.05 Å². The molecule has 0 amide bonds. The molecule has 0 radical (unpaired) electrons. The van der Waals surface area contributed by atoms with E-state index in [1.807, 2.05) is 25.4 Å². The first-order valence-corrected chi connectivity index (χ1v) is 4.38. The van der Waals surface area contributed by atoms with Crippen molar-refractivity contribution in [2.45, 2.75) is 0 Å². The molecule has 1 heterocycles. The van der Waals surface area contributed by atoms with Gasteiger partial charge in [-0.25, -0.2) is 0 Å². The van der Waals surface area contributed by atoms with E-state index in [1.54, 1.807) is 4.68 Å². The zero-order valence-electron chi connectivity index (χ0n) is 7.95. The minimum atomic E-state index is 0.851. The fraction of sp³-hybridized carbons (Fsp3) is 0.444. The Balaban J connectivity index is 2.09. The summed E-state index contributed by atoms with van der Waals surface area (Å²) in [7, 11) is 1.90. The van der Waals surface area contributed by atoms with Crippen LogP contribution in [-0.4, -0.2) is 29.4 Å². The molecule has 0 aliphatic heterocycles. The van der Waals surface area contributed by atoms with E-state index in [0.29, 0.717) is 0 Å². The fourth-order valence-corrected chi connectivity index (χ4v) is 0.992. The van der Waals surface area contributed by atoms with Crippen molar-refractivity contribution in [2.75, 3.05) is 25.0 Å². The van der Waals surface area contributed by atoms with Crippen LogP contribution in [0.25, 0.3) is 0 Å². The highest BCUT2D eigenvalue weighted by Crippen LogP contribution is 1.98. The molecule has 0 fully saturated rings. The van der Waals surface area contributed by atoms with Crippen LogP contribution in [0, 0.1) is 0 Å². The first-order chi connectivity index (χ1) is 6.33. The van der Waals surface area contributed by atoms with E-state index in [-0.39, 0.29) is 0 Å². The predicted molar refractivity (Wildman–Crippen MR) is 54.8 cm³/mol. The molecule has 2 N–H and O–H groups in total. The molecule has 0 bridgehead atoms. The van der Waals surface area contributed by atoms with Crippen LogP contribution in [0.3, 0.4) is 0 Å². The van der Waals surface area contributed by atoms with E-state index in [1.165, 1.54) is 0 Å². The second-order valence-electron chi connectivity index (χ2n) is 2.79. The van der Waals surface area contributed by atoms with Gasteiger partial charge in [-0.1, -0.05) is 6.08 Å². The Morgan fingerprint density at radius 1 is 1.62 bits per heavy atom. The molecular weight excluding hydrogens is 164 g/mol. The van der Waals surface area contributed by atoms with Gasteiger partial charge >= 0.3 is 0 Å². The monoisotopic (exact) mass is 180 g/mol. The molecule has 0 aliphatic carbocycles. The highest BCUT2D eigenvalue weighted by molar-refractivity contribution is 5.31. The Morgan fingerprint density at radius 2 is 2.46 bits per heavy atom. The first kappa shape index (κ1) is 9.80. The van der Waals surface area contributed by atoms with Gasteiger partial charge in [0.25, 0.3) is 0 Å². The lowest BCUT2D eigenvalue weighted by Gasteiger charge is -2.02. The summed E-state index contributed by atoms with van der Waals surface area (Å²) in [6.07, 6.45) is 3.76. The van der Waals surface area contributed by atoms with E-state index >= 15 is 0 Å². The number of nitrogens with one attached hydrogen (secondary N) is 2. The first-order valence-electron chi connectivity index (χ1n) is 4.38. The molecule has 0 aliphatic rings. The number of rotatable bonds is 6. The van der Waals surface area contributed by atoms with E-state index in [4.69, 9.17) is 0 Å². The normalized spacial score (nSPS) is 9.92. The second-order valence-corrected chi connectivity index (χ2v) is 2.79. The van der Waals surface area contributed by atoms with Crippen molar-refractivity contribution in [1.29, 1.82) is 0 Å². The zero-order chi connectivity index (χ0) is 9.52. The molecule has 0 atom stereocenters. The summed E-state index contributed by atoms with van der Waals surface area (Å²) < 4.78 is 1.78. The summed E-state index contributed by atoms with van der Waals surface area (Å²) in [6.45, 7) is 6.27. The highest BCUT2D eigenvalue weighted by atomic mass is 15.3. The maximum atomic E-state index is 4.19. The fourth-order valence-electron chi connectivity index (χ4n) is 0.992. The van der Waals surface area contributed by atoms with Crippen LogP contribution >= 0.6 is 0 Å². The molecule has 0 saturated carbocycles. The SMILES string of the molecule is C=CCNCCNc1ccn(C)n1. The van der Waals surface area contributed by atoms with Crippen LogP contribution in [0.1, 0.15) is 0 Å². The van der Waals surface area contributed by atoms with Gasteiger partial charge in [-0.2, -0.15) is 5.10 Å². The average molecular weight is 180 g/mol. The van der Waals surface area contributed by atoms with Crippen LogP contribution < -0.4 is 10.6 Å². The molecule has 0 unspecified atom stereocenters. The molecule has 4 nitrogen and oxygen atoms in total. The van der Waals surface area contributed by atoms with Crippen LogP contribution in [0.15, 0.2) is 24.9 Å². The Hall–Kier alpha value is -1.29. The van der Waals surface area contributed by atoms with Crippen molar-refractivity contribution in [3.8, 4) is 0 Å². The van der Waals surface area contributed by atoms with Gasteiger partial charge in [0, 0.05) is 38.9 Å². The summed E-state index contributed by atoms with van der Waals surface area (Å²) in [5, 5.41) is 10.6. The number of nitrogens with zero attached hydrogens (tertiary/aromatic N) is 2. The van der Waals surface area contributed by atoms with Gasteiger partial charge in [0.05, 0.1) is 0 Å². The molecular formula is C9H16N4. The van der Waals surface area contributed by atoms with Gasteiger partial charge in [0.1, 0.15) is 5.82 Å². The Kier molecular flexibility index (Phi) is 4.05. The smallest absolute Gasteiger partial charge is 0.148 e. The maximum Gasteiger partial charge on any atom is 0.148 e. The third-order valence-electron chi connectivity index (χ3n) is 1.61. The van der Waals surface area contributed by atoms with Crippen molar-refractivity contribution in [2.24, 2.45) is 7.05 Å². The van der Waals surface area contributed by atoms with Gasteiger partial charge in [-0.3, -0.25) is 4.68 Å². The van der Waals surface area contributed by atoms with Gasteiger partial charge in [0.2, 0.25) is 0 Å². The lowest BCUT2D eigenvalue weighted by molar-refractivity contribution is 0.751. The van der Waals surface area contributed by atoms with Crippen molar-refractivity contribution < 1.29 is 0 Å². The third kappa shape index (κ3) is 3.75. The summed E-state index contributed by atoms with van der Waals surface area (Å²) in [5.41, 5.74) is 0. The molecule has 0 saturated heterocycles.